The van der Waals surface area contributed by atoms with E-state index in [4.69, 9.17) is 0 Å². The molecule has 4 aromatic rings. The Bertz CT molecular complexity index is 1350. The summed E-state index contributed by atoms with van der Waals surface area (Å²) in [5.41, 5.74) is 7.07. The number of rotatable bonds is 4. The monoisotopic (exact) mass is 418 g/mol. The molecule has 0 fully saturated rings. The third-order valence-corrected chi connectivity index (χ3v) is 5.74. The Morgan fingerprint density at radius 2 is 1.06 bits per heavy atom. The first-order valence-corrected chi connectivity index (χ1v) is 10.5. The van der Waals surface area contributed by atoms with E-state index in [1.54, 1.807) is 30.3 Å². The number of fused-ring (bicyclic) bond motifs is 2. The Morgan fingerprint density at radius 3 is 1.66 bits per heavy atom. The van der Waals surface area contributed by atoms with Gasteiger partial charge in [0.2, 0.25) is 0 Å². The molecule has 2 N–H and O–H groups in total. The van der Waals surface area contributed by atoms with Gasteiger partial charge in [-0.25, -0.2) is 0 Å². The minimum Gasteiger partial charge on any atom is -0.354 e. The quantitative estimate of drug-likeness (QED) is 0.347. The average Bonchev–Trinajstić information content (AvgIpc) is 2.81. The highest BCUT2D eigenvalue weighted by molar-refractivity contribution is 6.31. The third kappa shape index (κ3) is 3.46. The largest absolute Gasteiger partial charge is 0.354 e. The van der Waals surface area contributed by atoms with Crippen molar-refractivity contribution in [3.63, 3.8) is 0 Å². The van der Waals surface area contributed by atoms with Crippen molar-refractivity contribution in [3.8, 4) is 0 Å². The van der Waals surface area contributed by atoms with Gasteiger partial charge >= 0.3 is 0 Å². The second kappa shape index (κ2) is 7.82. The number of carbonyl (C=O) groups excluding carboxylic acids is 2. The fraction of sp³-hybridized carbons (Fsp3) is 0.0714. The summed E-state index contributed by atoms with van der Waals surface area (Å²) in [5.74, 6) is -0.290. The molecule has 0 aliphatic heterocycles. The predicted octanol–water partition coefficient (Wildman–Crippen LogP) is 6.57. The van der Waals surface area contributed by atoms with Crippen molar-refractivity contribution in [3.05, 3.63) is 118 Å². The number of hydrogen-bond donors (Lipinski definition) is 2. The van der Waals surface area contributed by atoms with E-state index in [1.807, 2.05) is 68.4 Å². The molecule has 0 heterocycles. The zero-order chi connectivity index (χ0) is 22.2. The van der Waals surface area contributed by atoms with Crippen LogP contribution in [0.25, 0.3) is 0 Å². The van der Waals surface area contributed by atoms with E-state index in [0.717, 1.165) is 28.2 Å². The van der Waals surface area contributed by atoms with Crippen LogP contribution in [0.5, 0.6) is 0 Å². The maximum absolute atomic E-state index is 13.5. The standard InChI is InChI=1S/C28H22N2O2/c1-17-7-11-19(12-8-17)29-24-16-15-23-25(26(24)30-20-13-9-18(2)10-14-20)28(32)22-6-4-3-5-21(22)27(23)31/h3-16,29-30H,1-2H3. The van der Waals surface area contributed by atoms with Gasteiger partial charge in [-0.15, -0.1) is 0 Å². The second-order valence-corrected chi connectivity index (χ2v) is 8.10. The Labute approximate surface area is 186 Å². The molecule has 0 saturated carbocycles. The summed E-state index contributed by atoms with van der Waals surface area (Å²) in [5, 5.41) is 6.82. The maximum Gasteiger partial charge on any atom is 0.196 e. The molecule has 0 unspecified atom stereocenters. The van der Waals surface area contributed by atoms with Gasteiger partial charge in [0.25, 0.3) is 0 Å². The third-order valence-electron chi connectivity index (χ3n) is 5.74. The Hall–Kier alpha value is -4.18. The molecule has 0 amide bonds. The molecule has 4 heteroatoms. The lowest BCUT2D eigenvalue weighted by Crippen LogP contribution is -2.22. The molecular formula is C28H22N2O2. The molecule has 0 saturated heterocycles. The number of nitrogens with one attached hydrogen (secondary N) is 2. The van der Waals surface area contributed by atoms with E-state index in [1.165, 1.54) is 0 Å². The van der Waals surface area contributed by atoms with E-state index in [0.29, 0.717) is 27.9 Å². The zero-order valence-corrected chi connectivity index (χ0v) is 17.9. The summed E-state index contributed by atoms with van der Waals surface area (Å²) in [6, 6.07) is 26.6. The molecule has 0 aromatic heterocycles. The van der Waals surface area contributed by atoms with Gasteiger partial charge in [-0.05, 0) is 50.2 Å². The molecule has 32 heavy (non-hydrogen) atoms. The lowest BCUT2D eigenvalue weighted by Gasteiger charge is -2.24. The molecule has 156 valence electrons. The lowest BCUT2D eigenvalue weighted by atomic mass is 9.82. The van der Waals surface area contributed by atoms with Gasteiger partial charge < -0.3 is 10.6 Å². The Morgan fingerprint density at radius 1 is 0.531 bits per heavy atom. The molecule has 4 nitrogen and oxygen atoms in total. The second-order valence-electron chi connectivity index (χ2n) is 8.10. The summed E-state index contributed by atoms with van der Waals surface area (Å²) < 4.78 is 0. The minimum atomic E-state index is -0.155. The van der Waals surface area contributed by atoms with Crippen LogP contribution in [0.2, 0.25) is 0 Å². The topological polar surface area (TPSA) is 58.2 Å². The molecule has 1 aliphatic rings. The van der Waals surface area contributed by atoms with Crippen LogP contribution in [0.15, 0.2) is 84.9 Å². The zero-order valence-electron chi connectivity index (χ0n) is 17.9. The van der Waals surface area contributed by atoms with Crippen molar-refractivity contribution in [1.29, 1.82) is 0 Å². The molecule has 0 spiro atoms. The number of carbonyl (C=O) groups is 2. The highest BCUT2D eigenvalue weighted by atomic mass is 16.1. The van der Waals surface area contributed by atoms with Gasteiger partial charge in [-0.2, -0.15) is 0 Å². The molecular weight excluding hydrogens is 396 g/mol. The molecule has 5 rings (SSSR count). The summed E-state index contributed by atoms with van der Waals surface area (Å²) >= 11 is 0. The van der Waals surface area contributed by atoms with Gasteiger partial charge in [0.05, 0.1) is 16.9 Å². The van der Waals surface area contributed by atoms with Crippen LogP contribution >= 0.6 is 0 Å². The smallest absolute Gasteiger partial charge is 0.196 e. The first-order valence-electron chi connectivity index (χ1n) is 10.5. The van der Waals surface area contributed by atoms with Gasteiger partial charge in [-0.3, -0.25) is 9.59 Å². The van der Waals surface area contributed by atoms with Gasteiger partial charge in [0.1, 0.15) is 0 Å². The van der Waals surface area contributed by atoms with Gasteiger partial charge in [0, 0.05) is 28.1 Å². The van der Waals surface area contributed by atoms with E-state index < -0.39 is 0 Å². The SMILES string of the molecule is Cc1ccc(Nc2ccc3c(c2Nc2ccc(C)cc2)C(=O)c2ccccc2C3=O)cc1. The normalized spacial score (nSPS) is 12.2. The minimum absolute atomic E-state index is 0.135. The van der Waals surface area contributed by atoms with Gasteiger partial charge in [-0.1, -0.05) is 59.7 Å². The fourth-order valence-electron chi connectivity index (χ4n) is 3.99. The van der Waals surface area contributed by atoms with Crippen LogP contribution in [0, 0.1) is 13.8 Å². The van der Waals surface area contributed by atoms with E-state index >= 15 is 0 Å². The number of hydrogen-bond acceptors (Lipinski definition) is 4. The van der Waals surface area contributed by atoms with Crippen LogP contribution in [0.3, 0.4) is 0 Å². The number of benzene rings is 4. The van der Waals surface area contributed by atoms with Gasteiger partial charge in [0.15, 0.2) is 11.6 Å². The fourth-order valence-corrected chi connectivity index (χ4v) is 3.99. The number of ketones is 2. The lowest BCUT2D eigenvalue weighted by molar-refractivity contribution is 0.0980. The highest BCUT2D eigenvalue weighted by Crippen LogP contribution is 2.39. The number of anilines is 4. The van der Waals surface area contributed by atoms with E-state index in [9.17, 15) is 9.59 Å². The van der Waals surface area contributed by atoms with Crippen molar-refractivity contribution in [2.45, 2.75) is 13.8 Å². The first-order chi connectivity index (χ1) is 15.5. The maximum atomic E-state index is 13.5. The van der Waals surface area contributed by atoms with Crippen LogP contribution in [0.4, 0.5) is 22.7 Å². The Kier molecular flexibility index (Phi) is 4.83. The van der Waals surface area contributed by atoms with Crippen molar-refractivity contribution < 1.29 is 9.59 Å². The summed E-state index contributed by atoms with van der Waals surface area (Å²) in [4.78, 5) is 26.8. The molecule has 4 aromatic carbocycles. The van der Waals surface area contributed by atoms with Crippen molar-refractivity contribution in [2.24, 2.45) is 0 Å². The predicted molar refractivity (Wildman–Crippen MR) is 129 cm³/mol. The molecule has 0 atom stereocenters. The molecule has 0 radical (unpaired) electrons. The van der Waals surface area contributed by atoms with Crippen LogP contribution in [0.1, 0.15) is 43.0 Å². The van der Waals surface area contributed by atoms with Crippen LogP contribution < -0.4 is 10.6 Å². The van der Waals surface area contributed by atoms with E-state index in [2.05, 4.69) is 10.6 Å². The van der Waals surface area contributed by atoms with Crippen molar-refractivity contribution >= 4 is 34.3 Å². The van der Waals surface area contributed by atoms with Crippen LogP contribution in [-0.4, -0.2) is 11.6 Å². The highest BCUT2D eigenvalue weighted by Gasteiger charge is 2.32. The summed E-state index contributed by atoms with van der Waals surface area (Å²) in [7, 11) is 0. The Balaban J connectivity index is 1.67. The summed E-state index contributed by atoms with van der Waals surface area (Å²) in [6.07, 6.45) is 0. The van der Waals surface area contributed by atoms with E-state index in [-0.39, 0.29) is 11.6 Å². The average molecular weight is 418 g/mol. The van der Waals surface area contributed by atoms with Crippen molar-refractivity contribution in [2.75, 3.05) is 10.6 Å². The van der Waals surface area contributed by atoms with Crippen molar-refractivity contribution in [1.82, 2.24) is 0 Å². The number of aryl methyl sites for hydroxylation is 2. The molecule has 0 bridgehead atoms. The summed E-state index contributed by atoms with van der Waals surface area (Å²) in [6.45, 7) is 4.06. The van der Waals surface area contributed by atoms with Crippen LogP contribution in [-0.2, 0) is 0 Å². The molecule has 1 aliphatic carbocycles. The first kappa shape index (κ1) is 19.8.